The number of rotatable bonds is 3. The molecule has 3 rings (SSSR count). The second-order valence-electron chi connectivity index (χ2n) is 4.72. The van der Waals surface area contributed by atoms with Crippen LogP contribution in [-0.2, 0) is 6.42 Å². The molecule has 0 spiro atoms. The van der Waals surface area contributed by atoms with Crippen molar-refractivity contribution in [2.45, 2.75) is 12.5 Å². The van der Waals surface area contributed by atoms with Gasteiger partial charge in [0.15, 0.2) is 0 Å². The number of hydrogen-bond donors (Lipinski definition) is 1. The largest absolute Gasteiger partial charge is 0.324 e. The first kappa shape index (κ1) is 12.7. The Kier molecular flexibility index (Phi) is 3.20. The molecule has 0 amide bonds. The van der Waals surface area contributed by atoms with Crippen molar-refractivity contribution in [3.05, 3.63) is 71.6 Å². The summed E-state index contributed by atoms with van der Waals surface area (Å²) in [5.74, 6) is -1.18. The lowest BCUT2D eigenvalue weighted by atomic mass is 10.0. The zero-order valence-corrected chi connectivity index (χ0v) is 10.6. The fourth-order valence-corrected chi connectivity index (χ4v) is 2.33. The van der Waals surface area contributed by atoms with E-state index in [1.165, 1.54) is 12.1 Å². The molecule has 3 aromatic rings. The van der Waals surface area contributed by atoms with E-state index < -0.39 is 11.6 Å². The molecule has 0 saturated heterocycles. The van der Waals surface area contributed by atoms with Gasteiger partial charge in [-0.3, -0.25) is 0 Å². The van der Waals surface area contributed by atoms with Crippen molar-refractivity contribution in [3.8, 4) is 0 Å². The van der Waals surface area contributed by atoms with Crippen LogP contribution in [0.25, 0.3) is 5.52 Å². The first-order valence-electron chi connectivity index (χ1n) is 6.26. The van der Waals surface area contributed by atoms with Gasteiger partial charge in [0.1, 0.15) is 11.6 Å². The van der Waals surface area contributed by atoms with E-state index in [4.69, 9.17) is 5.73 Å². The summed E-state index contributed by atoms with van der Waals surface area (Å²) in [5.41, 5.74) is 8.43. The summed E-state index contributed by atoms with van der Waals surface area (Å²) in [6.07, 6.45) is 3.87. The van der Waals surface area contributed by atoms with Crippen LogP contribution in [-0.4, -0.2) is 9.61 Å². The maximum atomic E-state index is 13.2. The van der Waals surface area contributed by atoms with Gasteiger partial charge in [-0.15, -0.1) is 0 Å². The highest BCUT2D eigenvalue weighted by Crippen LogP contribution is 2.21. The van der Waals surface area contributed by atoms with Crippen molar-refractivity contribution < 1.29 is 8.78 Å². The predicted octanol–water partition coefficient (Wildman–Crippen LogP) is 2.86. The molecule has 0 fully saturated rings. The standard InChI is InChI=1S/C15H13F2N3/c16-11-5-10(6-12(17)8-11)7-14(18)13-9-19-20-4-2-1-3-15(13)20/h1-6,8-9,14H,7,18H2. The average Bonchev–Trinajstić information content (AvgIpc) is 2.81. The van der Waals surface area contributed by atoms with Crippen molar-refractivity contribution >= 4 is 5.52 Å². The third-order valence-corrected chi connectivity index (χ3v) is 3.23. The van der Waals surface area contributed by atoms with Crippen LogP contribution in [0.15, 0.2) is 48.8 Å². The molecular formula is C15H13F2N3. The van der Waals surface area contributed by atoms with Crippen molar-refractivity contribution in [1.82, 2.24) is 9.61 Å². The number of hydrogen-bond acceptors (Lipinski definition) is 2. The van der Waals surface area contributed by atoms with Crippen LogP contribution in [0.5, 0.6) is 0 Å². The molecule has 2 heterocycles. The minimum atomic E-state index is -0.591. The van der Waals surface area contributed by atoms with Gasteiger partial charge in [-0.2, -0.15) is 5.10 Å². The van der Waals surface area contributed by atoms with E-state index >= 15 is 0 Å². The van der Waals surface area contributed by atoms with Gasteiger partial charge in [-0.05, 0) is 36.2 Å². The van der Waals surface area contributed by atoms with Gasteiger partial charge >= 0.3 is 0 Å². The minimum Gasteiger partial charge on any atom is -0.324 e. The molecule has 1 aromatic carbocycles. The van der Waals surface area contributed by atoms with Crippen LogP contribution in [0.2, 0.25) is 0 Å². The van der Waals surface area contributed by atoms with Crippen molar-refractivity contribution in [2.24, 2.45) is 5.73 Å². The number of halogens is 2. The average molecular weight is 273 g/mol. The lowest BCUT2D eigenvalue weighted by molar-refractivity contribution is 0.576. The van der Waals surface area contributed by atoms with E-state index in [2.05, 4.69) is 5.10 Å². The molecule has 20 heavy (non-hydrogen) atoms. The highest BCUT2D eigenvalue weighted by Gasteiger charge is 2.13. The number of benzene rings is 1. The fraction of sp³-hybridized carbons (Fsp3) is 0.133. The van der Waals surface area contributed by atoms with Gasteiger partial charge in [0.05, 0.1) is 11.7 Å². The normalized spacial score (nSPS) is 12.8. The summed E-state index contributed by atoms with van der Waals surface area (Å²) in [5, 5.41) is 4.20. The van der Waals surface area contributed by atoms with Crippen LogP contribution in [0.1, 0.15) is 17.2 Å². The minimum absolute atomic E-state index is 0.352. The van der Waals surface area contributed by atoms with Crippen LogP contribution >= 0.6 is 0 Å². The quantitative estimate of drug-likeness (QED) is 0.797. The first-order valence-corrected chi connectivity index (χ1v) is 6.26. The molecule has 0 radical (unpaired) electrons. The van der Waals surface area contributed by atoms with Gasteiger partial charge in [-0.25, -0.2) is 13.3 Å². The van der Waals surface area contributed by atoms with E-state index in [0.29, 0.717) is 12.0 Å². The van der Waals surface area contributed by atoms with Crippen molar-refractivity contribution in [3.63, 3.8) is 0 Å². The molecule has 0 aliphatic heterocycles. The Morgan fingerprint density at radius 2 is 1.90 bits per heavy atom. The molecule has 102 valence electrons. The van der Waals surface area contributed by atoms with Crippen molar-refractivity contribution in [1.29, 1.82) is 0 Å². The molecule has 1 atom stereocenters. The highest BCUT2D eigenvalue weighted by atomic mass is 19.1. The maximum Gasteiger partial charge on any atom is 0.126 e. The monoisotopic (exact) mass is 273 g/mol. The van der Waals surface area contributed by atoms with E-state index in [9.17, 15) is 8.78 Å². The summed E-state index contributed by atoms with van der Waals surface area (Å²) in [6, 6.07) is 8.77. The Balaban J connectivity index is 1.91. The molecule has 3 nitrogen and oxygen atoms in total. The lowest BCUT2D eigenvalue weighted by Gasteiger charge is -2.11. The predicted molar refractivity (Wildman–Crippen MR) is 72.2 cm³/mol. The molecule has 0 aliphatic carbocycles. The Labute approximate surface area is 114 Å². The zero-order valence-electron chi connectivity index (χ0n) is 10.6. The number of nitrogens with zero attached hydrogens (tertiary/aromatic N) is 2. The molecule has 2 aromatic heterocycles. The third-order valence-electron chi connectivity index (χ3n) is 3.23. The lowest BCUT2D eigenvalue weighted by Crippen LogP contribution is -2.13. The number of pyridine rings is 1. The Morgan fingerprint density at radius 3 is 2.65 bits per heavy atom. The molecule has 0 bridgehead atoms. The second kappa shape index (κ2) is 5.02. The van der Waals surface area contributed by atoms with E-state index in [1.54, 1.807) is 10.7 Å². The first-order chi connectivity index (χ1) is 9.63. The summed E-state index contributed by atoms with van der Waals surface area (Å²) in [7, 11) is 0. The van der Waals surface area contributed by atoms with Gasteiger partial charge in [-0.1, -0.05) is 6.07 Å². The summed E-state index contributed by atoms with van der Waals surface area (Å²) >= 11 is 0. The van der Waals surface area contributed by atoms with E-state index in [-0.39, 0.29) is 6.04 Å². The van der Waals surface area contributed by atoms with Crippen LogP contribution in [0.4, 0.5) is 8.78 Å². The van der Waals surface area contributed by atoms with Crippen LogP contribution in [0, 0.1) is 11.6 Å². The topological polar surface area (TPSA) is 43.3 Å². The fourth-order valence-electron chi connectivity index (χ4n) is 2.33. The van der Waals surface area contributed by atoms with Gasteiger partial charge in [0.2, 0.25) is 0 Å². The number of nitrogens with two attached hydrogens (primary N) is 1. The molecule has 1 unspecified atom stereocenters. The van der Waals surface area contributed by atoms with Gasteiger partial charge in [0, 0.05) is 23.9 Å². The van der Waals surface area contributed by atoms with Crippen LogP contribution in [0.3, 0.4) is 0 Å². The highest BCUT2D eigenvalue weighted by molar-refractivity contribution is 5.55. The summed E-state index contributed by atoms with van der Waals surface area (Å²) in [6.45, 7) is 0. The molecule has 5 heteroatoms. The SMILES string of the molecule is NC(Cc1cc(F)cc(F)c1)c1cnn2ccccc12. The molecule has 0 saturated carbocycles. The van der Waals surface area contributed by atoms with E-state index in [1.807, 2.05) is 24.4 Å². The number of fused-ring (bicyclic) bond motifs is 1. The Morgan fingerprint density at radius 1 is 1.15 bits per heavy atom. The smallest absolute Gasteiger partial charge is 0.126 e. The third kappa shape index (κ3) is 2.40. The summed E-state index contributed by atoms with van der Waals surface area (Å²) in [4.78, 5) is 0. The molecular weight excluding hydrogens is 260 g/mol. The molecule has 2 N–H and O–H groups in total. The molecule has 0 aliphatic rings. The van der Waals surface area contributed by atoms with Crippen molar-refractivity contribution in [2.75, 3.05) is 0 Å². The zero-order chi connectivity index (χ0) is 14.1. The van der Waals surface area contributed by atoms with E-state index in [0.717, 1.165) is 17.1 Å². The maximum absolute atomic E-state index is 13.2. The Bertz CT molecular complexity index is 731. The second-order valence-corrected chi connectivity index (χ2v) is 4.72. The Hall–Kier alpha value is -2.27. The van der Waals surface area contributed by atoms with Gasteiger partial charge < -0.3 is 5.73 Å². The summed E-state index contributed by atoms with van der Waals surface area (Å²) < 4.78 is 28.1. The van der Waals surface area contributed by atoms with Gasteiger partial charge in [0.25, 0.3) is 0 Å². The number of aromatic nitrogens is 2. The van der Waals surface area contributed by atoms with Crippen LogP contribution < -0.4 is 5.73 Å².